The fourth-order valence-corrected chi connectivity index (χ4v) is 5.28. The Hall–Kier alpha value is -1.23. The van der Waals surface area contributed by atoms with Gasteiger partial charge in [-0.15, -0.1) is 0 Å². The van der Waals surface area contributed by atoms with Crippen molar-refractivity contribution in [3.05, 3.63) is 16.7 Å². The Morgan fingerprint density at radius 2 is 1.70 bits per heavy atom. The highest BCUT2D eigenvalue weighted by Gasteiger charge is 2.45. The lowest BCUT2D eigenvalue weighted by atomic mass is 10.1. The van der Waals surface area contributed by atoms with Crippen LogP contribution >= 0.6 is 23.5 Å². The van der Waals surface area contributed by atoms with Crippen LogP contribution in [0.25, 0.3) is 0 Å². The summed E-state index contributed by atoms with van der Waals surface area (Å²) in [7, 11) is -17.1. The first kappa shape index (κ1) is 25.0. The van der Waals surface area contributed by atoms with Gasteiger partial charge in [0.1, 0.15) is 18.3 Å². The first-order chi connectivity index (χ1) is 13.6. The van der Waals surface area contributed by atoms with E-state index in [-0.39, 0.29) is 0 Å². The van der Waals surface area contributed by atoms with E-state index in [1.54, 1.807) is 0 Å². The van der Waals surface area contributed by atoms with Gasteiger partial charge in [-0.1, -0.05) is 0 Å². The molecule has 1 fully saturated rings. The van der Waals surface area contributed by atoms with Crippen LogP contribution in [0, 0.1) is 0 Å². The second-order valence-corrected chi connectivity index (χ2v) is 9.94. The summed E-state index contributed by atoms with van der Waals surface area (Å²) in [5.74, 6) is -1.78. The van der Waals surface area contributed by atoms with E-state index >= 15 is 0 Å². The monoisotopic (exact) mass is 499 g/mol. The van der Waals surface area contributed by atoms with Crippen molar-refractivity contribution in [3.63, 3.8) is 0 Å². The number of nitrogens with two attached hydrogens (primary N) is 1. The molecule has 21 heteroatoms. The molecule has 30 heavy (non-hydrogen) atoms. The van der Waals surface area contributed by atoms with Crippen molar-refractivity contribution in [1.82, 2.24) is 9.55 Å². The zero-order valence-corrected chi connectivity index (χ0v) is 17.0. The van der Waals surface area contributed by atoms with Crippen molar-refractivity contribution in [2.45, 2.75) is 24.5 Å². The number of aliphatic hydroxyl groups is 3. The molecule has 2 unspecified atom stereocenters. The number of nitrogen functional groups attached to an aromatic ring is 1. The van der Waals surface area contributed by atoms with Crippen molar-refractivity contribution in [2.75, 3.05) is 12.3 Å². The van der Waals surface area contributed by atoms with Crippen molar-refractivity contribution >= 4 is 29.3 Å². The Kier molecular flexibility index (Phi) is 7.28. The Morgan fingerprint density at radius 3 is 2.20 bits per heavy atom. The maximum Gasteiger partial charge on any atom is 0.536 e. The third kappa shape index (κ3) is 6.15. The Balaban J connectivity index is 2.32. The molecule has 0 aliphatic carbocycles. The Labute approximate surface area is 165 Å². The van der Waals surface area contributed by atoms with Gasteiger partial charge in [-0.05, 0) is 0 Å². The van der Waals surface area contributed by atoms with Gasteiger partial charge in [0.15, 0.2) is 17.8 Å². The second-order valence-electron chi connectivity index (χ2n) is 5.59. The molecular formula is C9H16N3O15P3. The van der Waals surface area contributed by atoms with Crippen LogP contribution < -0.4 is 15.9 Å². The van der Waals surface area contributed by atoms with Gasteiger partial charge in [-0.2, -0.15) is 13.6 Å². The summed E-state index contributed by atoms with van der Waals surface area (Å²) in [6.07, 6.45) is -5.77. The standard InChI is InChI=1S/C9H16N3O15P3/c10-7-3(25-29(20,21)27-30(22,23)26-28(17,18)19)1-12(9(16)11-7)8-6(15)5(14)4(2-13)24-8/h1,4-6,8,13-15H,2H2,(H,20,21)(H,22,23)(H2,10,11,16)(H2,17,18,19)/t4-,5-,6+,8-/m1/s1. The molecule has 0 spiro atoms. The van der Waals surface area contributed by atoms with Crippen LogP contribution in [0.4, 0.5) is 5.82 Å². The third-order valence-electron chi connectivity index (χ3n) is 3.37. The van der Waals surface area contributed by atoms with Gasteiger partial charge in [0, 0.05) is 0 Å². The van der Waals surface area contributed by atoms with Crippen LogP contribution in [0.5, 0.6) is 5.75 Å². The van der Waals surface area contributed by atoms with Gasteiger partial charge >= 0.3 is 29.2 Å². The van der Waals surface area contributed by atoms with Gasteiger partial charge in [-0.25, -0.2) is 18.5 Å². The zero-order chi connectivity index (χ0) is 23.1. The molecule has 172 valence electrons. The summed E-state index contributed by atoms with van der Waals surface area (Å²) in [4.78, 5) is 50.9. The topological polar surface area (TPSA) is 291 Å². The first-order valence-electron chi connectivity index (χ1n) is 7.40. The maximum absolute atomic E-state index is 12.0. The minimum absolute atomic E-state index is 0.458. The molecule has 0 bridgehead atoms. The smallest absolute Gasteiger partial charge is 0.398 e. The quantitative estimate of drug-likeness (QED) is 0.167. The average molecular weight is 499 g/mol. The average Bonchev–Trinajstić information content (AvgIpc) is 2.81. The number of hydrogen-bond donors (Lipinski definition) is 8. The number of aromatic nitrogens is 2. The summed E-state index contributed by atoms with van der Waals surface area (Å²) in [5.41, 5.74) is 4.17. The predicted molar refractivity (Wildman–Crippen MR) is 90.4 cm³/mol. The molecule has 0 aromatic carbocycles. The summed E-state index contributed by atoms with van der Waals surface area (Å²) < 4.78 is 50.8. The Morgan fingerprint density at radius 1 is 1.10 bits per heavy atom. The summed E-state index contributed by atoms with van der Waals surface area (Å²) in [6, 6.07) is 0. The second kappa shape index (κ2) is 8.72. The van der Waals surface area contributed by atoms with E-state index in [1.807, 2.05) is 0 Å². The SMILES string of the molecule is Nc1nc(=O)n([C@@H]2O[C@H](CO)[C@@H](O)[C@@H]2O)cc1OP(=O)(O)OP(=O)(O)OP(=O)(O)O. The molecule has 2 heterocycles. The van der Waals surface area contributed by atoms with Gasteiger partial charge in [0.25, 0.3) is 0 Å². The lowest BCUT2D eigenvalue weighted by molar-refractivity contribution is -0.0551. The summed E-state index contributed by atoms with van der Waals surface area (Å²) in [5, 5.41) is 28.8. The van der Waals surface area contributed by atoms with Crippen molar-refractivity contribution in [3.8, 4) is 5.75 Å². The highest BCUT2D eigenvalue weighted by Crippen LogP contribution is 2.66. The van der Waals surface area contributed by atoms with E-state index < -0.39 is 71.9 Å². The molecule has 1 aromatic rings. The number of ether oxygens (including phenoxy) is 1. The van der Waals surface area contributed by atoms with Gasteiger partial charge in [0.2, 0.25) is 0 Å². The molecule has 1 saturated heterocycles. The summed E-state index contributed by atoms with van der Waals surface area (Å²) in [6.45, 7) is -0.736. The van der Waals surface area contributed by atoms with Crippen molar-refractivity contribution in [2.24, 2.45) is 0 Å². The molecule has 0 saturated carbocycles. The molecule has 2 rings (SSSR count). The van der Waals surface area contributed by atoms with E-state index in [9.17, 15) is 33.6 Å². The highest BCUT2D eigenvalue weighted by atomic mass is 31.3. The molecule has 1 aromatic heterocycles. The molecule has 9 N–H and O–H groups in total. The van der Waals surface area contributed by atoms with Gasteiger partial charge in [-0.3, -0.25) is 9.46 Å². The van der Waals surface area contributed by atoms with Crippen LogP contribution in [-0.2, 0) is 27.1 Å². The van der Waals surface area contributed by atoms with Crippen molar-refractivity contribution < 1.29 is 66.5 Å². The van der Waals surface area contributed by atoms with E-state index in [0.717, 1.165) is 0 Å². The molecule has 18 nitrogen and oxygen atoms in total. The van der Waals surface area contributed by atoms with Gasteiger partial charge in [0.05, 0.1) is 12.8 Å². The highest BCUT2D eigenvalue weighted by molar-refractivity contribution is 7.66. The number of rotatable bonds is 8. The van der Waals surface area contributed by atoms with E-state index in [2.05, 4.69) is 18.1 Å². The largest absolute Gasteiger partial charge is 0.536 e. The number of aliphatic hydroxyl groups excluding tert-OH is 3. The van der Waals surface area contributed by atoms with Crippen LogP contribution in [-0.4, -0.2) is 69.4 Å². The van der Waals surface area contributed by atoms with Crippen molar-refractivity contribution in [1.29, 1.82) is 0 Å². The molecule has 1 aliphatic rings. The molecule has 0 amide bonds. The fourth-order valence-electron chi connectivity index (χ4n) is 2.25. The molecule has 6 atom stereocenters. The van der Waals surface area contributed by atoms with Crippen LogP contribution in [0.15, 0.2) is 11.0 Å². The normalized spacial score (nSPS) is 28.6. The fraction of sp³-hybridized carbons (Fsp3) is 0.556. The number of hydrogen-bond acceptors (Lipinski definition) is 13. The van der Waals surface area contributed by atoms with Crippen LogP contribution in [0.2, 0.25) is 0 Å². The maximum atomic E-state index is 12.0. The minimum Gasteiger partial charge on any atom is -0.398 e. The van der Waals surface area contributed by atoms with Crippen LogP contribution in [0.3, 0.4) is 0 Å². The molecular weight excluding hydrogens is 483 g/mol. The summed E-state index contributed by atoms with van der Waals surface area (Å²) >= 11 is 0. The van der Waals surface area contributed by atoms with E-state index in [0.29, 0.717) is 10.8 Å². The predicted octanol–water partition coefficient (Wildman–Crippen LogP) is -2.86. The lowest BCUT2D eigenvalue weighted by Crippen LogP contribution is -2.36. The first-order valence-corrected chi connectivity index (χ1v) is 11.9. The van der Waals surface area contributed by atoms with E-state index in [1.165, 1.54) is 0 Å². The molecule has 1 aliphatic heterocycles. The lowest BCUT2D eigenvalue weighted by Gasteiger charge is -2.20. The van der Waals surface area contributed by atoms with Crippen LogP contribution in [0.1, 0.15) is 6.23 Å². The number of phosphoric ester groups is 1. The Bertz CT molecular complexity index is 991. The number of anilines is 1. The molecule has 0 radical (unpaired) electrons. The van der Waals surface area contributed by atoms with Gasteiger partial charge < -0.3 is 45.0 Å². The minimum atomic E-state index is -5.82. The van der Waals surface area contributed by atoms with E-state index in [4.69, 9.17) is 30.3 Å². The zero-order valence-electron chi connectivity index (χ0n) is 14.3. The number of phosphoric acid groups is 3. The third-order valence-corrected chi connectivity index (χ3v) is 7.12. The number of nitrogens with zero attached hydrogens (tertiary/aromatic N) is 2.